The molecule has 0 spiro atoms. The number of rotatable bonds is 11. The maximum absolute atomic E-state index is 10.9. The molecule has 1 unspecified atom stereocenters. The van der Waals surface area contributed by atoms with Crippen molar-refractivity contribution in [3.63, 3.8) is 0 Å². The standard InChI is InChI=1S/C14H27NO2S/c1-5-8-17-9-6-10-18-11-7-13(12-16)15-14(2,3)4/h5,12-13,15H,1,6-11H2,2-4H3. The predicted molar refractivity (Wildman–Crippen MR) is 80.3 cm³/mol. The monoisotopic (exact) mass is 273 g/mol. The van der Waals surface area contributed by atoms with E-state index in [4.69, 9.17) is 4.74 Å². The van der Waals surface area contributed by atoms with Gasteiger partial charge in [-0.1, -0.05) is 6.08 Å². The van der Waals surface area contributed by atoms with Crippen LogP contribution in [0.1, 0.15) is 33.6 Å². The molecule has 0 aliphatic heterocycles. The second-order valence-corrected chi connectivity index (χ2v) is 6.48. The van der Waals surface area contributed by atoms with Crippen LogP contribution in [0.5, 0.6) is 0 Å². The van der Waals surface area contributed by atoms with Gasteiger partial charge in [0.2, 0.25) is 0 Å². The average Bonchev–Trinajstić information content (AvgIpc) is 2.29. The highest BCUT2D eigenvalue weighted by atomic mass is 32.2. The van der Waals surface area contributed by atoms with Crippen LogP contribution in [0.25, 0.3) is 0 Å². The first-order valence-electron chi connectivity index (χ1n) is 6.49. The number of ether oxygens (including phenoxy) is 1. The molecule has 106 valence electrons. The van der Waals surface area contributed by atoms with Crippen LogP contribution < -0.4 is 5.32 Å². The predicted octanol–water partition coefficient (Wildman–Crippen LogP) is 2.66. The van der Waals surface area contributed by atoms with Gasteiger partial charge in [-0.25, -0.2) is 0 Å². The van der Waals surface area contributed by atoms with Crippen LogP contribution in [0.2, 0.25) is 0 Å². The highest BCUT2D eigenvalue weighted by Crippen LogP contribution is 2.09. The van der Waals surface area contributed by atoms with Crippen molar-refractivity contribution in [1.29, 1.82) is 0 Å². The zero-order chi connectivity index (χ0) is 13.9. The summed E-state index contributed by atoms with van der Waals surface area (Å²) in [6, 6.07) is -0.0329. The average molecular weight is 273 g/mol. The number of carbonyl (C=O) groups is 1. The summed E-state index contributed by atoms with van der Waals surface area (Å²) in [7, 11) is 0. The van der Waals surface area contributed by atoms with Crippen molar-refractivity contribution in [2.24, 2.45) is 0 Å². The quantitative estimate of drug-likeness (QED) is 0.357. The first kappa shape index (κ1) is 17.7. The van der Waals surface area contributed by atoms with Gasteiger partial charge >= 0.3 is 0 Å². The summed E-state index contributed by atoms with van der Waals surface area (Å²) in [6.07, 6.45) is 4.72. The van der Waals surface area contributed by atoms with Crippen molar-refractivity contribution < 1.29 is 9.53 Å². The Hall–Kier alpha value is -0.320. The van der Waals surface area contributed by atoms with E-state index in [2.05, 4.69) is 32.7 Å². The summed E-state index contributed by atoms with van der Waals surface area (Å²) in [5.74, 6) is 2.09. The second kappa shape index (κ2) is 10.6. The van der Waals surface area contributed by atoms with Crippen LogP contribution >= 0.6 is 11.8 Å². The summed E-state index contributed by atoms with van der Waals surface area (Å²) in [6.45, 7) is 11.2. The molecule has 0 saturated carbocycles. The lowest BCUT2D eigenvalue weighted by Gasteiger charge is -2.25. The maximum Gasteiger partial charge on any atom is 0.136 e. The highest BCUT2D eigenvalue weighted by Gasteiger charge is 2.15. The Morgan fingerprint density at radius 2 is 2.11 bits per heavy atom. The molecule has 0 aromatic heterocycles. The zero-order valence-corrected chi connectivity index (χ0v) is 12.7. The van der Waals surface area contributed by atoms with E-state index >= 15 is 0 Å². The van der Waals surface area contributed by atoms with E-state index in [1.54, 1.807) is 6.08 Å². The molecule has 0 saturated heterocycles. The van der Waals surface area contributed by atoms with Crippen molar-refractivity contribution in [2.75, 3.05) is 24.7 Å². The minimum atomic E-state index is -0.0329. The normalized spacial score (nSPS) is 13.3. The minimum Gasteiger partial charge on any atom is -0.377 e. The van der Waals surface area contributed by atoms with Gasteiger partial charge in [0, 0.05) is 12.1 Å². The van der Waals surface area contributed by atoms with Crippen LogP contribution in [-0.2, 0) is 9.53 Å². The third kappa shape index (κ3) is 12.1. The van der Waals surface area contributed by atoms with Gasteiger partial charge in [-0.2, -0.15) is 11.8 Å². The van der Waals surface area contributed by atoms with Gasteiger partial charge in [-0.15, -0.1) is 6.58 Å². The van der Waals surface area contributed by atoms with Gasteiger partial charge in [0.25, 0.3) is 0 Å². The van der Waals surface area contributed by atoms with E-state index in [0.717, 1.165) is 37.2 Å². The topological polar surface area (TPSA) is 38.3 Å². The van der Waals surface area contributed by atoms with Gasteiger partial charge < -0.3 is 14.8 Å². The Morgan fingerprint density at radius 3 is 2.67 bits per heavy atom. The lowest BCUT2D eigenvalue weighted by molar-refractivity contribution is -0.110. The smallest absolute Gasteiger partial charge is 0.136 e. The first-order chi connectivity index (χ1) is 8.49. The lowest BCUT2D eigenvalue weighted by atomic mass is 10.1. The number of hydrogen-bond donors (Lipinski definition) is 1. The summed E-state index contributed by atoms with van der Waals surface area (Å²) in [5, 5.41) is 3.31. The molecule has 0 aliphatic rings. The second-order valence-electron chi connectivity index (χ2n) is 5.26. The van der Waals surface area contributed by atoms with E-state index in [1.807, 2.05) is 11.8 Å². The number of thioether (sulfide) groups is 1. The Morgan fingerprint density at radius 1 is 1.39 bits per heavy atom. The molecular weight excluding hydrogens is 246 g/mol. The van der Waals surface area contributed by atoms with E-state index in [0.29, 0.717) is 6.61 Å². The number of aldehydes is 1. The SMILES string of the molecule is C=CCOCCCSCCC(C=O)NC(C)(C)C. The Kier molecular flexibility index (Phi) is 10.4. The van der Waals surface area contributed by atoms with Gasteiger partial charge in [-0.3, -0.25) is 0 Å². The van der Waals surface area contributed by atoms with Gasteiger partial charge in [0.05, 0.1) is 12.6 Å². The Balaban J connectivity index is 3.45. The molecule has 0 aromatic carbocycles. The first-order valence-corrected chi connectivity index (χ1v) is 7.64. The molecule has 0 fully saturated rings. The van der Waals surface area contributed by atoms with Crippen molar-refractivity contribution in [3.05, 3.63) is 12.7 Å². The molecule has 1 atom stereocenters. The van der Waals surface area contributed by atoms with E-state index in [-0.39, 0.29) is 11.6 Å². The van der Waals surface area contributed by atoms with Crippen molar-refractivity contribution >= 4 is 18.0 Å². The molecule has 0 bridgehead atoms. The lowest BCUT2D eigenvalue weighted by Crippen LogP contribution is -2.44. The van der Waals surface area contributed by atoms with Gasteiger partial charge in [0.15, 0.2) is 0 Å². The van der Waals surface area contributed by atoms with Gasteiger partial charge in [-0.05, 0) is 45.1 Å². The Labute approximate surface area is 116 Å². The Bertz CT molecular complexity index is 226. The summed E-state index contributed by atoms with van der Waals surface area (Å²) >= 11 is 1.88. The molecule has 0 amide bonds. The molecule has 0 rings (SSSR count). The third-order valence-electron chi connectivity index (χ3n) is 2.17. The zero-order valence-electron chi connectivity index (χ0n) is 11.9. The number of hydrogen-bond acceptors (Lipinski definition) is 4. The van der Waals surface area contributed by atoms with Crippen LogP contribution in [0.15, 0.2) is 12.7 Å². The van der Waals surface area contributed by atoms with Crippen molar-refractivity contribution in [2.45, 2.75) is 45.2 Å². The fourth-order valence-electron chi connectivity index (χ4n) is 1.47. The minimum absolute atomic E-state index is 0.00519. The summed E-state index contributed by atoms with van der Waals surface area (Å²) in [5.41, 5.74) is -0.00519. The largest absolute Gasteiger partial charge is 0.377 e. The molecule has 0 aliphatic carbocycles. The van der Waals surface area contributed by atoms with E-state index in [1.165, 1.54) is 0 Å². The van der Waals surface area contributed by atoms with Crippen molar-refractivity contribution in [1.82, 2.24) is 5.32 Å². The van der Waals surface area contributed by atoms with E-state index in [9.17, 15) is 4.79 Å². The maximum atomic E-state index is 10.9. The van der Waals surface area contributed by atoms with Crippen LogP contribution in [-0.4, -0.2) is 42.6 Å². The van der Waals surface area contributed by atoms with Crippen LogP contribution in [0, 0.1) is 0 Å². The fraction of sp³-hybridized carbons (Fsp3) is 0.786. The summed E-state index contributed by atoms with van der Waals surface area (Å²) < 4.78 is 5.30. The molecular formula is C14H27NO2S. The number of carbonyl (C=O) groups excluding carboxylic acids is 1. The molecule has 0 aromatic rings. The van der Waals surface area contributed by atoms with Gasteiger partial charge in [0.1, 0.15) is 6.29 Å². The van der Waals surface area contributed by atoms with E-state index < -0.39 is 0 Å². The molecule has 4 heteroatoms. The van der Waals surface area contributed by atoms with Crippen molar-refractivity contribution in [3.8, 4) is 0 Å². The fourth-order valence-corrected chi connectivity index (χ4v) is 2.42. The molecule has 1 N–H and O–H groups in total. The summed E-state index contributed by atoms with van der Waals surface area (Å²) in [4.78, 5) is 10.9. The highest BCUT2D eigenvalue weighted by molar-refractivity contribution is 7.99. The molecule has 0 radical (unpaired) electrons. The molecule has 0 heterocycles. The molecule has 3 nitrogen and oxygen atoms in total. The third-order valence-corrected chi connectivity index (χ3v) is 3.27. The van der Waals surface area contributed by atoms with Crippen LogP contribution in [0.4, 0.5) is 0 Å². The van der Waals surface area contributed by atoms with Crippen LogP contribution in [0.3, 0.4) is 0 Å². The number of nitrogens with one attached hydrogen (secondary N) is 1. The molecule has 18 heavy (non-hydrogen) atoms.